The maximum absolute atomic E-state index is 13.0. The largest absolute Gasteiger partial charge is 0.465 e. The molecule has 0 unspecified atom stereocenters. The molecule has 2 aliphatic rings. The summed E-state index contributed by atoms with van der Waals surface area (Å²) < 4.78 is 10.2. The zero-order chi connectivity index (χ0) is 20.7. The second-order valence-corrected chi connectivity index (χ2v) is 8.46. The third kappa shape index (κ3) is 3.76. The summed E-state index contributed by atoms with van der Waals surface area (Å²) in [5.41, 5.74) is 0.0661. The Kier molecular flexibility index (Phi) is 4.99. The highest BCUT2D eigenvalue weighted by Gasteiger charge is 2.51. The Labute approximate surface area is 165 Å². The monoisotopic (exact) mass is 389 g/mol. The first kappa shape index (κ1) is 20.0. The van der Waals surface area contributed by atoms with Crippen molar-refractivity contribution >= 4 is 23.8 Å². The second kappa shape index (κ2) is 7.00. The van der Waals surface area contributed by atoms with Gasteiger partial charge in [-0.25, -0.2) is 14.4 Å². The van der Waals surface area contributed by atoms with E-state index in [0.717, 1.165) is 0 Å². The van der Waals surface area contributed by atoms with Crippen molar-refractivity contribution in [3.8, 4) is 0 Å². The van der Waals surface area contributed by atoms with Gasteiger partial charge in [0.2, 0.25) is 0 Å². The molecule has 152 valence electrons. The van der Waals surface area contributed by atoms with Gasteiger partial charge in [-0.3, -0.25) is 4.90 Å². The van der Waals surface area contributed by atoms with Crippen molar-refractivity contribution in [2.45, 2.75) is 38.8 Å². The van der Waals surface area contributed by atoms with Gasteiger partial charge in [-0.1, -0.05) is 0 Å². The van der Waals surface area contributed by atoms with E-state index in [1.165, 1.54) is 7.11 Å². The lowest BCUT2D eigenvalue weighted by atomic mass is 9.98. The minimum atomic E-state index is -0.561. The first-order valence-corrected chi connectivity index (χ1v) is 9.29. The minimum absolute atomic E-state index is 0.0999. The van der Waals surface area contributed by atoms with E-state index in [-0.39, 0.29) is 12.1 Å². The molecule has 0 radical (unpaired) electrons. The lowest BCUT2D eigenvalue weighted by molar-refractivity contribution is 0.000611. The highest BCUT2D eigenvalue weighted by Crippen LogP contribution is 2.34. The predicted octanol–water partition coefficient (Wildman–Crippen LogP) is 2.72. The van der Waals surface area contributed by atoms with Gasteiger partial charge >= 0.3 is 18.1 Å². The number of amides is 3. The van der Waals surface area contributed by atoms with Crippen LogP contribution in [0.2, 0.25) is 0 Å². The average molecular weight is 389 g/mol. The van der Waals surface area contributed by atoms with Gasteiger partial charge in [0.05, 0.1) is 24.8 Å². The molecule has 2 fully saturated rings. The molecule has 2 heterocycles. The van der Waals surface area contributed by atoms with Crippen LogP contribution in [0.5, 0.6) is 0 Å². The van der Waals surface area contributed by atoms with Crippen molar-refractivity contribution in [2.24, 2.45) is 0 Å². The standard InChI is InChI=1S/C20H27N3O5/c1-19(2,3)28-18(26)21-10-11-23-17(25)22(13-20(23,4)12-21)15-8-6-14(7-9-15)16(24)27-5/h6-9H,10-13H2,1-5H3/t20-/m0/s1. The molecule has 0 aromatic heterocycles. The molecule has 3 amide bonds. The van der Waals surface area contributed by atoms with Gasteiger partial charge in [0.25, 0.3) is 0 Å². The molecule has 0 aliphatic carbocycles. The Morgan fingerprint density at radius 1 is 1.07 bits per heavy atom. The first-order valence-electron chi connectivity index (χ1n) is 9.29. The summed E-state index contributed by atoms with van der Waals surface area (Å²) in [6, 6.07) is 6.65. The molecule has 28 heavy (non-hydrogen) atoms. The maximum Gasteiger partial charge on any atom is 0.410 e. The van der Waals surface area contributed by atoms with Crippen molar-refractivity contribution < 1.29 is 23.9 Å². The minimum Gasteiger partial charge on any atom is -0.465 e. The first-order chi connectivity index (χ1) is 13.0. The van der Waals surface area contributed by atoms with Gasteiger partial charge in [-0.15, -0.1) is 0 Å². The number of carbonyl (C=O) groups is 3. The number of hydrogen-bond acceptors (Lipinski definition) is 5. The Balaban J connectivity index is 1.75. The SMILES string of the molecule is COC(=O)c1ccc(N2C[C@]3(C)CN(C(=O)OC(C)(C)C)CCN3C2=O)cc1. The molecule has 8 heteroatoms. The van der Waals surface area contributed by atoms with Crippen LogP contribution in [0, 0.1) is 0 Å². The van der Waals surface area contributed by atoms with Crippen LogP contribution in [0.15, 0.2) is 24.3 Å². The average Bonchev–Trinajstić information content (AvgIpc) is 2.90. The Morgan fingerprint density at radius 3 is 2.29 bits per heavy atom. The van der Waals surface area contributed by atoms with E-state index >= 15 is 0 Å². The number of esters is 1. The molecule has 0 N–H and O–H groups in total. The molecular weight excluding hydrogens is 362 g/mol. The van der Waals surface area contributed by atoms with Gasteiger partial charge in [-0.05, 0) is 52.0 Å². The maximum atomic E-state index is 13.0. The predicted molar refractivity (Wildman–Crippen MR) is 103 cm³/mol. The highest BCUT2D eigenvalue weighted by molar-refractivity contribution is 5.96. The van der Waals surface area contributed by atoms with Crippen molar-refractivity contribution in [1.82, 2.24) is 9.80 Å². The number of methoxy groups -OCH3 is 1. The summed E-state index contributed by atoms with van der Waals surface area (Å²) in [4.78, 5) is 42.2. The number of hydrogen-bond donors (Lipinski definition) is 0. The van der Waals surface area contributed by atoms with E-state index in [1.54, 1.807) is 34.1 Å². The van der Waals surface area contributed by atoms with E-state index < -0.39 is 17.1 Å². The molecule has 0 spiro atoms. The number of piperazine rings is 1. The topological polar surface area (TPSA) is 79.4 Å². The number of urea groups is 1. The number of carbonyl (C=O) groups excluding carboxylic acids is 3. The number of rotatable bonds is 2. The molecule has 3 rings (SSSR count). The van der Waals surface area contributed by atoms with Gasteiger partial charge in [-0.2, -0.15) is 0 Å². The van der Waals surface area contributed by atoms with Crippen LogP contribution in [0.4, 0.5) is 15.3 Å². The number of nitrogens with zero attached hydrogens (tertiary/aromatic N) is 3. The van der Waals surface area contributed by atoms with Gasteiger partial charge in [0.15, 0.2) is 0 Å². The summed E-state index contributed by atoms with van der Waals surface area (Å²) in [7, 11) is 1.33. The van der Waals surface area contributed by atoms with Crippen LogP contribution in [0.3, 0.4) is 0 Å². The van der Waals surface area contributed by atoms with Crippen LogP contribution < -0.4 is 4.90 Å². The van der Waals surface area contributed by atoms with Gasteiger partial charge in [0, 0.05) is 25.3 Å². The fourth-order valence-electron chi connectivity index (χ4n) is 3.66. The molecule has 1 atom stereocenters. The molecule has 0 saturated carbocycles. The van der Waals surface area contributed by atoms with Crippen LogP contribution >= 0.6 is 0 Å². The number of ether oxygens (including phenoxy) is 2. The van der Waals surface area contributed by atoms with Crippen molar-refractivity contribution in [3.63, 3.8) is 0 Å². The molecule has 8 nitrogen and oxygen atoms in total. The molecule has 2 saturated heterocycles. The Hall–Kier alpha value is -2.77. The number of fused-ring (bicyclic) bond motifs is 1. The zero-order valence-corrected chi connectivity index (χ0v) is 17.0. The Bertz CT molecular complexity index is 786. The molecular formula is C20H27N3O5. The van der Waals surface area contributed by atoms with E-state index in [9.17, 15) is 14.4 Å². The lowest BCUT2D eigenvalue weighted by Crippen LogP contribution is -2.61. The highest BCUT2D eigenvalue weighted by atomic mass is 16.6. The van der Waals surface area contributed by atoms with Crippen LogP contribution in [0.25, 0.3) is 0 Å². The van der Waals surface area contributed by atoms with Crippen LogP contribution in [0.1, 0.15) is 38.1 Å². The quantitative estimate of drug-likeness (QED) is 0.727. The fraction of sp³-hybridized carbons (Fsp3) is 0.550. The summed E-state index contributed by atoms with van der Waals surface area (Å²) in [5.74, 6) is -0.420. The van der Waals surface area contributed by atoms with Gasteiger partial charge in [0.1, 0.15) is 5.60 Å². The lowest BCUT2D eigenvalue weighted by Gasteiger charge is -2.43. The van der Waals surface area contributed by atoms with Crippen molar-refractivity contribution in [1.29, 1.82) is 0 Å². The summed E-state index contributed by atoms with van der Waals surface area (Å²) >= 11 is 0. The summed E-state index contributed by atoms with van der Waals surface area (Å²) in [6.07, 6.45) is -0.360. The normalized spacial score (nSPS) is 22.2. The zero-order valence-electron chi connectivity index (χ0n) is 17.0. The fourth-order valence-corrected chi connectivity index (χ4v) is 3.66. The molecule has 1 aromatic rings. The molecule has 0 bridgehead atoms. The van der Waals surface area contributed by atoms with Crippen LogP contribution in [-0.4, -0.2) is 72.3 Å². The molecule has 1 aromatic carbocycles. The third-order valence-electron chi connectivity index (χ3n) is 4.99. The van der Waals surface area contributed by atoms with Crippen molar-refractivity contribution in [3.05, 3.63) is 29.8 Å². The molecule has 2 aliphatic heterocycles. The number of benzene rings is 1. The third-order valence-corrected chi connectivity index (χ3v) is 4.99. The van der Waals surface area contributed by atoms with E-state index in [1.807, 2.05) is 32.6 Å². The number of anilines is 1. The van der Waals surface area contributed by atoms with E-state index in [2.05, 4.69) is 0 Å². The van der Waals surface area contributed by atoms with E-state index in [0.29, 0.717) is 37.4 Å². The van der Waals surface area contributed by atoms with Crippen molar-refractivity contribution in [2.75, 3.05) is 38.2 Å². The Morgan fingerprint density at radius 2 is 1.71 bits per heavy atom. The van der Waals surface area contributed by atoms with E-state index in [4.69, 9.17) is 9.47 Å². The summed E-state index contributed by atoms with van der Waals surface area (Å²) in [5, 5.41) is 0. The second-order valence-electron chi connectivity index (χ2n) is 8.46. The smallest absolute Gasteiger partial charge is 0.410 e. The van der Waals surface area contributed by atoms with Gasteiger partial charge < -0.3 is 19.3 Å². The van der Waals surface area contributed by atoms with Crippen LogP contribution in [-0.2, 0) is 9.47 Å². The summed E-state index contributed by atoms with van der Waals surface area (Å²) in [6.45, 7) is 9.22.